The summed E-state index contributed by atoms with van der Waals surface area (Å²) in [7, 11) is 1.84. The van der Waals surface area contributed by atoms with Gasteiger partial charge in [0.15, 0.2) is 0 Å². The molecule has 3 amide bonds. The van der Waals surface area contributed by atoms with Crippen LogP contribution in [0.15, 0.2) is 6.33 Å². The van der Waals surface area contributed by atoms with Gasteiger partial charge in [-0.2, -0.15) is 0 Å². The smallest absolute Gasteiger partial charge is 0.318 e. The quantitative estimate of drug-likeness (QED) is 0.509. The Kier molecular flexibility index (Phi) is 4.40. The number of nitrogens with one attached hydrogen (secondary N) is 2. The number of amides is 3. The lowest BCUT2D eigenvalue weighted by Gasteiger charge is -2.03. The van der Waals surface area contributed by atoms with Crippen molar-refractivity contribution in [2.45, 2.75) is 6.42 Å². The van der Waals surface area contributed by atoms with E-state index in [-0.39, 0.29) is 6.54 Å². The van der Waals surface area contributed by atoms with Gasteiger partial charge in [0.1, 0.15) is 12.2 Å². The van der Waals surface area contributed by atoms with Gasteiger partial charge in [0, 0.05) is 20.0 Å². The highest BCUT2D eigenvalue weighted by Gasteiger charge is 2.04. The number of nitrogens with two attached hydrogens (primary N) is 1. The van der Waals surface area contributed by atoms with Crippen LogP contribution < -0.4 is 16.4 Å². The standard InChI is InChI=1S/C8H14N6O2/c1-14-5-11-13-6(14)2-3-10-4-7(15)12-8(9)16/h5,10H,2-4H2,1H3,(H3,9,12,15,16). The van der Waals surface area contributed by atoms with Crippen LogP contribution in [-0.4, -0.2) is 39.8 Å². The van der Waals surface area contributed by atoms with Gasteiger partial charge in [0.05, 0.1) is 6.54 Å². The molecule has 0 spiro atoms. The van der Waals surface area contributed by atoms with Crippen LogP contribution in [0.3, 0.4) is 0 Å². The molecule has 0 aliphatic carbocycles. The largest absolute Gasteiger partial charge is 0.351 e. The number of carbonyl (C=O) groups excluding carboxylic acids is 2. The van der Waals surface area contributed by atoms with Gasteiger partial charge in [-0.25, -0.2) is 4.79 Å². The first-order valence-corrected chi connectivity index (χ1v) is 4.72. The summed E-state index contributed by atoms with van der Waals surface area (Å²) in [6, 6.07) is -0.847. The highest BCUT2D eigenvalue weighted by Crippen LogP contribution is 1.90. The highest BCUT2D eigenvalue weighted by molar-refractivity contribution is 5.94. The molecule has 88 valence electrons. The van der Waals surface area contributed by atoms with Crippen molar-refractivity contribution in [1.82, 2.24) is 25.4 Å². The third-order valence-electron chi connectivity index (χ3n) is 1.88. The minimum Gasteiger partial charge on any atom is -0.351 e. The van der Waals surface area contributed by atoms with E-state index < -0.39 is 11.9 Å². The monoisotopic (exact) mass is 226 g/mol. The third-order valence-corrected chi connectivity index (χ3v) is 1.88. The number of urea groups is 1. The summed E-state index contributed by atoms with van der Waals surface area (Å²) in [5.74, 6) is 0.369. The van der Waals surface area contributed by atoms with Crippen molar-refractivity contribution in [2.75, 3.05) is 13.1 Å². The van der Waals surface area contributed by atoms with Crippen LogP contribution in [0, 0.1) is 0 Å². The van der Waals surface area contributed by atoms with Gasteiger partial charge < -0.3 is 15.6 Å². The van der Waals surface area contributed by atoms with Crippen LogP contribution >= 0.6 is 0 Å². The molecule has 1 aromatic heterocycles. The summed E-state index contributed by atoms with van der Waals surface area (Å²) in [6.07, 6.45) is 2.26. The summed E-state index contributed by atoms with van der Waals surface area (Å²) in [6.45, 7) is 0.611. The SMILES string of the molecule is Cn1cnnc1CCNCC(=O)NC(N)=O. The fourth-order valence-electron chi connectivity index (χ4n) is 1.12. The van der Waals surface area contributed by atoms with Crippen LogP contribution in [0.1, 0.15) is 5.82 Å². The van der Waals surface area contributed by atoms with Gasteiger partial charge in [-0.05, 0) is 0 Å². The molecular formula is C8H14N6O2. The first kappa shape index (κ1) is 12.1. The summed E-state index contributed by atoms with van der Waals surface area (Å²) in [5, 5.41) is 12.4. The Morgan fingerprint density at radius 1 is 1.56 bits per heavy atom. The molecule has 8 heteroatoms. The van der Waals surface area contributed by atoms with E-state index in [1.165, 1.54) is 0 Å². The predicted molar refractivity (Wildman–Crippen MR) is 55.3 cm³/mol. The van der Waals surface area contributed by atoms with Crippen LogP contribution in [0.4, 0.5) is 4.79 Å². The molecule has 0 atom stereocenters. The summed E-state index contributed by atoms with van der Waals surface area (Å²) < 4.78 is 1.80. The predicted octanol–water partition coefficient (Wildman–Crippen LogP) is -1.86. The number of aromatic nitrogens is 3. The molecule has 0 saturated carbocycles. The van der Waals surface area contributed by atoms with Crippen LogP contribution in [0.25, 0.3) is 0 Å². The third kappa shape index (κ3) is 4.05. The zero-order valence-electron chi connectivity index (χ0n) is 8.93. The topological polar surface area (TPSA) is 115 Å². The van der Waals surface area contributed by atoms with E-state index in [9.17, 15) is 9.59 Å². The van der Waals surface area contributed by atoms with Gasteiger partial charge in [-0.1, -0.05) is 0 Å². The number of aryl methyl sites for hydroxylation is 1. The van der Waals surface area contributed by atoms with Crippen molar-refractivity contribution in [3.05, 3.63) is 12.2 Å². The first-order valence-electron chi connectivity index (χ1n) is 4.72. The molecule has 0 aliphatic rings. The Hall–Kier alpha value is -1.96. The van der Waals surface area contributed by atoms with Crippen LogP contribution in [-0.2, 0) is 18.3 Å². The van der Waals surface area contributed by atoms with Crippen LogP contribution in [0.5, 0.6) is 0 Å². The second-order valence-corrected chi connectivity index (χ2v) is 3.20. The number of hydrogen-bond acceptors (Lipinski definition) is 5. The molecule has 1 heterocycles. The summed E-state index contributed by atoms with van der Waals surface area (Å²) in [5.41, 5.74) is 4.77. The second kappa shape index (κ2) is 5.81. The van der Waals surface area contributed by atoms with Gasteiger partial charge in [0.25, 0.3) is 0 Å². The number of imide groups is 1. The Bertz CT molecular complexity index is 374. The van der Waals surface area contributed by atoms with Crippen molar-refractivity contribution >= 4 is 11.9 Å². The van der Waals surface area contributed by atoms with E-state index in [1.807, 2.05) is 12.4 Å². The van der Waals surface area contributed by atoms with Crippen molar-refractivity contribution in [2.24, 2.45) is 12.8 Å². The second-order valence-electron chi connectivity index (χ2n) is 3.20. The zero-order valence-corrected chi connectivity index (χ0v) is 8.93. The summed E-state index contributed by atoms with van der Waals surface area (Å²) >= 11 is 0. The van der Waals surface area contributed by atoms with E-state index >= 15 is 0 Å². The lowest BCUT2D eigenvalue weighted by Crippen LogP contribution is -2.41. The lowest BCUT2D eigenvalue weighted by atomic mass is 10.4. The Morgan fingerprint density at radius 3 is 2.88 bits per heavy atom. The Labute approximate surface area is 92.2 Å². The Morgan fingerprint density at radius 2 is 2.31 bits per heavy atom. The summed E-state index contributed by atoms with van der Waals surface area (Å²) in [4.78, 5) is 21.3. The number of carbonyl (C=O) groups is 2. The minimum atomic E-state index is -0.847. The molecule has 1 aromatic rings. The maximum atomic E-state index is 11.0. The number of rotatable bonds is 5. The molecule has 0 aliphatic heterocycles. The van der Waals surface area contributed by atoms with Gasteiger partial charge in [-0.3, -0.25) is 10.1 Å². The number of primary amides is 1. The first-order chi connectivity index (χ1) is 7.59. The molecule has 0 aromatic carbocycles. The van der Waals surface area contributed by atoms with Gasteiger partial charge >= 0.3 is 6.03 Å². The molecule has 8 nitrogen and oxygen atoms in total. The number of hydrogen-bond donors (Lipinski definition) is 3. The molecule has 16 heavy (non-hydrogen) atoms. The van der Waals surface area contributed by atoms with E-state index in [0.29, 0.717) is 13.0 Å². The molecule has 0 fully saturated rings. The van der Waals surface area contributed by atoms with Crippen molar-refractivity contribution in [3.63, 3.8) is 0 Å². The molecular weight excluding hydrogens is 212 g/mol. The van der Waals surface area contributed by atoms with E-state index in [2.05, 4.69) is 15.5 Å². The normalized spacial score (nSPS) is 10.1. The van der Waals surface area contributed by atoms with Gasteiger partial charge in [0.2, 0.25) is 5.91 Å². The Balaban J connectivity index is 2.15. The zero-order chi connectivity index (χ0) is 12.0. The highest BCUT2D eigenvalue weighted by atomic mass is 16.2. The average molecular weight is 226 g/mol. The fourth-order valence-corrected chi connectivity index (χ4v) is 1.12. The van der Waals surface area contributed by atoms with Crippen molar-refractivity contribution < 1.29 is 9.59 Å². The van der Waals surface area contributed by atoms with E-state index in [0.717, 1.165) is 5.82 Å². The molecule has 1 rings (SSSR count). The molecule has 0 saturated heterocycles. The molecule has 4 N–H and O–H groups in total. The minimum absolute atomic E-state index is 0.0425. The maximum Gasteiger partial charge on any atom is 0.318 e. The maximum absolute atomic E-state index is 11.0. The molecule has 0 radical (unpaired) electrons. The van der Waals surface area contributed by atoms with Gasteiger partial charge in [-0.15, -0.1) is 10.2 Å². The lowest BCUT2D eigenvalue weighted by molar-refractivity contribution is -0.119. The van der Waals surface area contributed by atoms with Crippen LogP contribution in [0.2, 0.25) is 0 Å². The van der Waals surface area contributed by atoms with E-state index in [1.54, 1.807) is 10.9 Å². The fraction of sp³-hybridized carbons (Fsp3) is 0.500. The molecule has 0 bridgehead atoms. The van der Waals surface area contributed by atoms with Crippen molar-refractivity contribution in [3.8, 4) is 0 Å². The molecule has 0 unspecified atom stereocenters. The van der Waals surface area contributed by atoms with E-state index in [4.69, 9.17) is 5.73 Å². The van der Waals surface area contributed by atoms with Crippen molar-refractivity contribution in [1.29, 1.82) is 0 Å². The number of nitrogens with zero attached hydrogens (tertiary/aromatic N) is 3. The average Bonchev–Trinajstić information content (AvgIpc) is 2.58.